The van der Waals surface area contributed by atoms with Crippen molar-refractivity contribution in [2.75, 3.05) is 0 Å². The number of halogens is 4. The zero-order chi connectivity index (χ0) is 20.3. The van der Waals surface area contributed by atoms with Crippen molar-refractivity contribution >= 4 is 69.9 Å². The molecule has 0 bridgehead atoms. The lowest BCUT2D eigenvalue weighted by Crippen LogP contribution is -1.87. The van der Waals surface area contributed by atoms with Crippen molar-refractivity contribution in [1.82, 2.24) is 0 Å². The van der Waals surface area contributed by atoms with Gasteiger partial charge in [0.15, 0.2) is 0 Å². The lowest BCUT2D eigenvalue weighted by molar-refractivity contribution is 0.470. The minimum absolute atomic E-state index is 0.0437. The number of benzene rings is 3. The van der Waals surface area contributed by atoms with Gasteiger partial charge in [0.05, 0.1) is 10.0 Å². The summed E-state index contributed by atoms with van der Waals surface area (Å²) in [5.41, 5.74) is 1.34. The largest absolute Gasteiger partial charge is 0.506 e. The van der Waals surface area contributed by atoms with E-state index in [1.165, 1.54) is 12.1 Å². The Bertz CT molecular complexity index is 931. The molecule has 0 aliphatic rings. The molecule has 28 heavy (non-hydrogen) atoms. The van der Waals surface area contributed by atoms with Crippen LogP contribution < -0.4 is 0 Å². The molecule has 0 amide bonds. The van der Waals surface area contributed by atoms with E-state index in [9.17, 15) is 10.2 Å². The summed E-state index contributed by atoms with van der Waals surface area (Å²) in [6.45, 7) is 0. The van der Waals surface area contributed by atoms with Crippen LogP contribution in [0, 0.1) is 0 Å². The number of phenols is 2. The molecule has 0 aliphatic carbocycles. The van der Waals surface area contributed by atoms with Crippen LogP contribution in [0.2, 0.25) is 20.1 Å². The van der Waals surface area contributed by atoms with Crippen molar-refractivity contribution in [3.63, 3.8) is 0 Å². The van der Waals surface area contributed by atoms with Crippen molar-refractivity contribution in [2.45, 2.75) is 21.3 Å². The number of hydrogen-bond donors (Lipinski definition) is 2. The van der Waals surface area contributed by atoms with Gasteiger partial charge in [-0.05, 0) is 36.4 Å². The Labute approximate surface area is 191 Å². The molecule has 146 valence electrons. The molecule has 0 saturated heterocycles. The van der Waals surface area contributed by atoms with Gasteiger partial charge >= 0.3 is 0 Å². The summed E-state index contributed by atoms with van der Waals surface area (Å²) in [5.74, 6) is 1.11. The molecule has 8 heteroatoms. The predicted molar refractivity (Wildman–Crippen MR) is 122 cm³/mol. The van der Waals surface area contributed by atoms with Crippen LogP contribution in [0.25, 0.3) is 0 Å². The van der Waals surface area contributed by atoms with Gasteiger partial charge in [0.25, 0.3) is 0 Å². The maximum absolute atomic E-state index is 10.1. The maximum Gasteiger partial charge on any atom is 0.138 e. The molecule has 0 saturated carbocycles. The van der Waals surface area contributed by atoms with Crippen LogP contribution in [0.15, 0.2) is 58.3 Å². The van der Waals surface area contributed by atoms with Crippen LogP contribution in [-0.4, -0.2) is 10.2 Å². The smallest absolute Gasteiger partial charge is 0.138 e. The van der Waals surface area contributed by atoms with Gasteiger partial charge in [-0.2, -0.15) is 0 Å². The van der Waals surface area contributed by atoms with Gasteiger partial charge in [-0.3, -0.25) is 0 Å². The van der Waals surface area contributed by atoms with Gasteiger partial charge in [-0.25, -0.2) is 0 Å². The first-order valence-corrected chi connectivity index (χ1v) is 11.5. The van der Waals surface area contributed by atoms with Crippen LogP contribution in [0.5, 0.6) is 11.5 Å². The molecule has 0 heterocycles. The molecular weight excluding hydrogens is 478 g/mol. The van der Waals surface area contributed by atoms with Crippen molar-refractivity contribution in [1.29, 1.82) is 0 Å². The third kappa shape index (κ3) is 5.38. The minimum atomic E-state index is 0.0437. The summed E-state index contributed by atoms with van der Waals surface area (Å²) in [6, 6.07) is 14.3. The summed E-state index contributed by atoms with van der Waals surface area (Å²) >= 11 is 27.2. The molecule has 0 spiro atoms. The van der Waals surface area contributed by atoms with E-state index < -0.39 is 0 Å². The van der Waals surface area contributed by atoms with Crippen LogP contribution in [-0.2, 0) is 11.5 Å². The van der Waals surface area contributed by atoms with Gasteiger partial charge in [0.1, 0.15) is 11.5 Å². The Morgan fingerprint density at radius 3 is 1.43 bits per heavy atom. The van der Waals surface area contributed by atoms with E-state index in [-0.39, 0.29) is 21.5 Å². The number of thioether (sulfide) groups is 2. The highest BCUT2D eigenvalue weighted by Gasteiger charge is 2.12. The van der Waals surface area contributed by atoms with Gasteiger partial charge in [-0.1, -0.05) is 58.5 Å². The Hall–Kier alpha value is -0.880. The van der Waals surface area contributed by atoms with Gasteiger partial charge in [0.2, 0.25) is 0 Å². The second kappa shape index (κ2) is 9.75. The highest BCUT2D eigenvalue weighted by molar-refractivity contribution is 8.01. The second-order valence-corrected chi connectivity index (χ2v) is 9.54. The van der Waals surface area contributed by atoms with Gasteiger partial charge in [-0.15, -0.1) is 23.5 Å². The first kappa shape index (κ1) is 21.8. The SMILES string of the molecule is Oc1c(Cl)cc(Cl)cc1CSc1ccccc1SCc1cc(Cl)cc(Cl)c1O. The summed E-state index contributed by atoms with van der Waals surface area (Å²) < 4.78 is 0. The Morgan fingerprint density at radius 1 is 0.643 bits per heavy atom. The highest BCUT2D eigenvalue weighted by Crippen LogP contribution is 2.40. The average Bonchev–Trinajstić information content (AvgIpc) is 2.65. The first-order chi connectivity index (χ1) is 13.3. The Morgan fingerprint density at radius 2 is 1.04 bits per heavy atom. The first-order valence-electron chi connectivity index (χ1n) is 8.03. The fourth-order valence-electron chi connectivity index (χ4n) is 2.46. The second-order valence-electron chi connectivity index (χ2n) is 5.81. The molecule has 0 radical (unpaired) electrons. The molecule has 2 nitrogen and oxygen atoms in total. The van der Waals surface area contributed by atoms with E-state index in [0.29, 0.717) is 32.7 Å². The summed E-state index contributed by atoms with van der Waals surface area (Å²) in [7, 11) is 0. The van der Waals surface area contributed by atoms with Gasteiger partial charge in [0, 0.05) is 42.5 Å². The Kier molecular flexibility index (Phi) is 7.60. The molecule has 0 aliphatic heterocycles. The van der Waals surface area contributed by atoms with Gasteiger partial charge < -0.3 is 10.2 Å². The fourth-order valence-corrected chi connectivity index (χ4v) is 5.72. The quantitative estimate of drug-likeness (QED) is 0.340. The zero-order valence-corrected chi connectivity index (χ0v) is 18.9. The number of hydrogen-bond acceptors (Lipinski definition) is 4. The molecule has 0 fully saturated rings. The van der Waals surface area contributed by atoms with E-state index in [2.05, 4.69) is 0 Å². The van der Waals surface area contributed by atoms with Crippen molar-refractivity contribution in [3.8, 4) is 11.5 Å². The summed E-state index contributed by atoms with van der Waals surface area (Å²) in [6.07, 6.45) is 0. The molecule has 3 rings (SSSR count). The number of rotatable bonds is 6. The third-order valence-corrected chi connectivity index (χ3v) is 7.22. The van der Waals surface area contributed by atoms with Crippen LogP contribution >= 0.6 is 69.9 Å². The average molecular weight is 492 g/mol. The summed E-state index contributed by atoms with van der Waals surface area (Å²) in [4.78, 5) is 2.08. The van der Waals surface area contributed by atoms with E-state index in [1.807, 2.05) is 24.3 Å². The number of phenolic OH excluding ortho intramolecular Hbond substituents is 2. The molecule has 2 N–H and O–H groups in total. The lowest BCUT2D eigenvalue weighted by Gasteiger charge is -2.12. The molecule has 0 unspecified atom stereocenters. The van der Waals surface area contributed by atoms with E-state index in [4.69, 9.17) is 46.4 Å². The molecule has 0 atom stereocenters. The highest BCUT2D eigenvalue weighted by atomic mass is 35.5. The topological polar surface area (TPSA) is 40.5 Å². The van der Waals surface area contributed by atoms with E-state index >= 15 is 0 Å². The lowest BCUT2D eigenvalue weighted by atomic mass is 10.2. The van der Waals surface area contributed by atoms with Crippen molar-refractivity contribution in [3.05, 3.63) is 79.7 Å². The summed E-state index contributed by atoms with van der Waals surface area (Å²) in [5, 5.41) is 21.7. The van der Waals surface area contributed by atoms with Crippen LogP contribution in [0.4, 0.5) is 0 Å². The molecule has 3 aromatic carbocycles. The predicted octanol–water partition coefficient (Wildman–Crippen LogP) is 8.30. The molecule has 0 aromatic heterocycles. The standard InChI is InChI=1S/C20H14Cl4O2S2/c21-13-5-11(19(25)15(23)7-13)9-27-17-3-1-2-4-18(17)28-10-12-6-14(22)8-16(24)20(12)26/h1-8,25-26H,9-10H2. The fraction of sp³-hybridized carbons (Fsp3) is 0.100. The minimum Gasteiger partial charge on any atom is -0.506 e. The molecule has 3 aromatic rings. The molecular formula is C20H14Cl4O2S2. The number of aromatic hydroxyl groups is 2. The van der Waals surface area contributed by atoms with Crippen molar-refractivity contribution < 1.29 is 10.2 Å². The monoisotopic (exact) mass is 490 g/mol. The third-order valence-electron chi connectivity index (χ3n) is 3.83. The zero-order valence-electron chi connectivity index (χ0n) is 14.3. The van der Waals surface area contributed by atoms with Crippen molar-refractivity contribution in [2.24, 2.45) is 0 Å². The normalized spacial score (nSPS) is 11.0. The Balaban J connectivity index is 1.75. The van der Waals surface area contributed by atoms with Crippen LogP contribution in [0.1, 0.15) is 11.1 Å². The maximum atomic E-state index is 10.1. The van der Waals surface area contributed by atoms with E-state index in [1.54, 1.807) is 35.7 Å². The van der Waals surface area contributed by atoms with Crippen LogP contribution in [0.3, 0.4) is 0 Å². The van der Waals surface area contributed by atoms with E-state index in [0.717, 1.165) is 9.79 Å².